The fourth-order valence-corrected chi connectivity index (χ4v) is 21.1. The van der Waals surface area contributed by atoms with Gasteiger partial charge in [-0.2, -0.15) is 72.0 Å². The van der Waals surface area contributed by atoms with Crippen molar-refractivity contribution in [3.05, 3.63) is 211 Å². The van der Waals surface area contributed by atoms with E-state index in [4.69, 9.17) is 11.5 Å². The standard InChI is InChI=1S/C81H72N16O23S6/c1-36-27-38(19-21-48(36)86-78-90-76(82)92-80(94-78)88-52-32-53(59(124(112,113)114)34-58(52)121(104)105)84-50-23-25-56-66-62(44-15-5-7-17-46(44)72(100)64(50)66)68(74(102)96(56)3)70(98)40-11-9-13-42(30-40)122(106,107)108)29-39-20-22-49(37(2)28-39)87-79-91-77(83)93-81(95-79)89-55-33-54(60(125(115,116)117)35-61(55)126(118,119)120)85-51-24-26-57-67-63(45-16-6-8-18-47(45)73(101)65(51)67)69(75(103)97(57)4)71(99)41-12-10-14-43(31-41)123(109,110)111/h5-18,23-26,30-39,48-49,84-85H,19-22,27-29H2,1-4H3,(H,104,105)(H,106,107,108)(H,109,110,111)(H,112,113,114)(H,115,116,117)(H,118,119,120)(H4,82,86,88,90,92,94)(H4,83,87,89,91,93,95)/p-1. The van der Waals surface area contributed by atoms with Crippen molar-refractivity contribution in [2.75, 3.05) is 43.4 Å². The number of nitrogen functional groups attached to an aromatic ring is 2. The predicted octanol–water partition coefficient (Wildman–Crippen LogP) is 9.78. The first-order chi connectivity index (χ1) is 59.4. The molecule has 0 radical (unpaired) electrons. The van der Waals surface area contributed by atoms with Crippen LogP contribution in [0.15, 0.2) is 185 Å². The topological polar surface area (TPSA) is 626 Å². The summed E-state index contributed by atoms with van der Waals surface area (Å²) in [6.07, 6.45) is 5.15. The Morgan fingerprint density at radius 2 is 0.810 bits per heavy atom. The highest BCUT2D eigenvalue weighted by Crippen LogP contribution is 2.49. The van der Waals surface area contributed by atoms with Gasteiger partial charge in [0.1, 0.15) is 14.7 Å². The van der Waals surface area contributed by atoms with Crippen molar-refractivity contribution >= 4 is 176 Å². The lowest BCUT2D eigenvalue weighted by Crippen LogP contribution is -2.37. The molecular formula is C81H71N16O23S6-. The van der Waals surface area contributed by atoms with Gasteiger partial charge < -0.3 is 57.1 Å². The molecule has 0 aliphatic heterocycles. The van der Waals surface area contributed by atoms with E-state index in [1.54, 1.807) is 6.07 Å². The van der Waals surface area contributed by atoms with E-state index in [1.165, 1.54) is 105 Å². The second kappa shape index (κ2) is 32.2. The summed E-state index contributed by atoms with van der Waals surface area (Å²) in [4.78, 5) is 109. The van der Waals surface area contributed by atoms with Gasteiger partial charge in [0.25, 0.3) is 61.7 Å². The van der Waals surface area contributed by atoms with Crippen molar-refractivity contribution in [1.82, 2.24) is 39.0 Å². The maximum Gasteiger partial charge on any atom is 0.296 e. The third-order valence-electron chi connectivity index (χ3n) is 23.1. The average Bonchev–Trinajstić information content (AvgIpc) is 0.708. The molecule has 126 heavy (non-hydrogen) atoms. The van der Waals surface area contributed by atoms with Gasteiger partial charge in [0, 0.05) is 75.2 Å². The molecule has 4 aliphatic carbocycles. The number of pyridine rings is 2. The van der Waals surface area contributed by atoms with Gasteiger partial charge in [-0.15, -0.1) is 0 Å². The first-order valence-corrected chi connectivity index (χ1v) is 46.6. The molecule has 7 atom stereocenters. The van der Waals surface area contributed by atoms with Crippen LogP contribution in [0, 0.1) is 23.7 Å². The molecule has 16 rings (SSSR count). The number of carbonyl (C=O) groups is 4. The SMILES string of the molecule is CC1CC(CC2CCC(Nc3nc(N)nc(Nc4cc(Nc5ccc6c7c5C(=O)c5ccccc5-c7c(C(=O)c5cccc(S(=O)(=O)O)c5)c(=O)n6C)c(S(=O)(=O)O)cc4S(=O)(=O)O)n3)C(C)C2)CCC1Nc1nc(N)nc(Nc2cc(Nc3ccc4c5c3C(=O)c3ccccc3-c5c(C(=O)c3cccc(S(=O)(=O)O)c3)c(=O)n4C)c(S(=O)(=O)O)cc2S(=O)[O-])n1. The number of hydrogen-bond donors (Lipinski definition) is 13. The van der Waals surface area contributed by atoms with E-state index in [2.05, 4.69) is 68.7 Å². The number of nitrogens with zero attached hydrogens (tertiary/aromatic N) is 8. The van der Waals surface area contributed by atoms with Crippen LogP contribution in [0.3, 0.4) is 0 Å². The lowest BCUT2D eigenvalue weighted by atomic mass is 9.70. The number of nitrogens with one attached hydrogen (secondary N) is 6. The number of anilines is 12. The fourth-order valence-electron chi connectivity index (χ4n) is 17.4. The van der Waals surface area contributed by atoms with Gasteiger partial charge in [-0.05, 0) is 164 Å². The number of aryl methyl sites for hydroxylation is 2. The molecule has 0 bridgehead atoms. The molecule has 4 aliphatic rings. The van der Waals surface area contributed by atoms with Crippen LogP contribution in [0.25, 0.3) is 44.1 Å². The normalized spacial score (nSPS) is 17.8. The number of ketones is 4. The van der Waals surface area contributed by atoms with E-state index < -0.39 is 159 Å². The molecule has 39 nitrogen and oxygen atoms in total. The van der Waals surface area contributed by atoms with Crippen LogP contribution >= 0.6 is 0 Å². The summed E-state index contributed by atoms with van der Waals surface area (Å²) < 4.78 is 209. The van der Waals surface area contributed by atoms with Crippen LogP contribution in [0.1, 0.15) is 122 Å². The quantitative estimate of drug-likeness (QED) is 0.0152. The predicted molar refractivity (Wildman–Crippen MR) is 459 cm³/mol. The van der Waals surface area contributed by atoms with Crippen molar-refractivity contribution < 1.29 is 92.8 Å². The van der Waals surface area contributed by atoms with E-state index in [0.717, 1.165) is 77.6 Å². The third kappa shape index (κ3) is 16.3. The van der Waals surface area contributed by atoms with Gasteiger partial charge in [-0.1, -0.05) is 86.6 Å². The molecule has 15 N–H and O–H groups in total. The number of nitrogens with two attached hydrogens (primary N) is 2. The zero-order chi connectivity index (χ0) is 90.2. The fraction of sp³-hybridized carbons (Fsp3) is 0.210. The van der Waals surface area contributed by atoms with Crippen molar-refractivity contribution in [3.63, 3.8) is 0 Å². The summed E-state index contributed by atoms with van der Waals surface area (Å²) in [5.41, 5.74) is 6.42. The molecule has 0 amide bonds. The molecule has 12 aromatic rings. The summed E-state index contributed by atoms with van der Waals surface area (Å²) >= 11 is -3.25. The average molecular weight is 1830 g/mol. The van der Waals surface area contributed by atoms with Crippen LogP contribution in [0.2, 0.25) is 0 Å². The molecular weight excluding hydrogens is 1760 g/mol. The maximum absolute atomic E-state index is 14.9. The Hall–Kier alpha value is -13.1. The number of fused-ring (bicyclic) bond motifs is 4. The van der Waals surface area contributed by atoms with Gasteiger partial charge in [0.2, 0.25) is 35.7 Å². The van der Waals surface area contributed by atoms with E-state index in [9.17, 15) is 102 Å². The number of hydrogen-bond acceptors (Lipinski definition) is 32. The highest BCUT2D eigenvalue weighted by Gasteiger charge is 2.40. The Morgan fingerprint density at radius 3 is 1.20 bits per heavy atom. The Morgan fingerprint density at radius 1 is 0.437 bits per heavy atom. The molecule has 0 saturated heterocycles. The minimum Gasteiger partial charge on any atom is -0.768 e. The van der Waals surface area contributed by atoms with Crippen LogP contribution in [0.4, 0.5) is 69.8 Å². The van der Waals surface area contributed by atoms with E-state index in [1.807, 2.05) is 6.92 Å². The summed E-state index contributed by atoms with van der Waals surface area (Å²) in [7, 11) is -23.3. The number of benzene rings is 8. The largest absolute Gasteiger partial charge is 0.768 e. The molecule has 45 heteroatoms. The smallest absolute Gasteiger partial charge is 0.296 e. The molecule has 8 aromatic carbocycles. The van der Waals surface area contributed by atoms with Gasteiger partial charge in [0.15, 0.2) is 23.1 Å². The number of carbonyl (C=O) groups excluding carboxylic acids is 4. The van der Waals surface area contributed by atoms with Crippen molar-refractivity contribution in [1.29, 1.82) is 0 Å². The lowest BCUT2D eigenvalue weighted by molar-refractivity contribution is 0.102. The van der Waals surface area contributed by atoms with Crippen LogP contribution < -0.4 is 54.5 Å². The molecule has 4 heterocycles. The van der Waals surface area contributed by atoms with Crippen LogP contribution in [-0.2, 0) is 75.8 Å². The van der Waals surface area contributed by atoms with E-state index in [-0.39, 0.29) is 160 Å². The van der Waals surface area contributed by atoms with Gasteiger partial charge in [0.05, 0.1) is 77.2 Å². The van der Waals surface area contributed by atoms with Crippen LogP contribution in [0.5, 0.6) is 0 Å². The zero-order valence-corrected chi connectivity index (χ0v) is 70.9. The molecule has 650 valence electrons. The molecule has 7 unspecified atom stereocenters. The van der Waals surface area contributed by atoms with Crippen molar-refractivity contribution in [2.45, 2.75) is 100 Å². The molecule has 4 aromatic heterocycles. The summed E-state index contributed by atoms with van der Waals surface area (Å²) in [6.45, 7) is 4.10. The number of aromatic nitrogens is 8. The minimum atomic E-state index is -5.46. The first-order valence-electron chi connectivity index (χ1n) is 38.3. The van der Waals surface area contributed by atoms with Gasteiger partial charge in [-0.3, -0.25) is 55.7 Å². The number of rotatable bonds is 24. The highest BCUT2D eigenvalue weighted by molar-refractivity contribution is 7.87. The third-order valence-corrected chi connectivity index (χ3v) is 28.1. The first kappa shape index (κ1) is 86.5. The van der Waals surface area contributed by atoms with E-state index >= 15 is 0 Å². The van der Waals surface area contributed by atoms with Crippen molar-refractivity contribution in [2.24, 2.45) is 37.8 Å². The second-order valence-corrected chi connectivity index (χ2v) is 38.9. The Kier molecular flexibility index (Phi) is 22.1. The summed E-state index contributed by atoms with van der Waals surface area (Å²) in [5.74, 6) is -4.39. The van der Waals surface area contributed by atoms with Crippen LogP contribution in [-0.4, -0.2) is 148 Å². The molecule has 2 fully saturated rings. The van der Waals surface area contributed by atoms with Gasteiger partial charge in [-0.25, -0.2) is 0 Å². The maximum atomic E-state index is 14.9. The second-order valence-electron chi connectivity index (χ2n) is 31.0. The Labute approximate surface area is 718 Å². The molecule has 0 spiro atoms. The monoisotopic (exact) mass is 1830 g/mol. The van der Waals surface area contributed by atoms with E-state index in [0.29, 0.717) is 25.0 Å². The highest BCUT2D eigenvalue weighted by atomic mass is 32.2. The van der Waals surface area contributed by atoms with Crippen molar-refractivity contribution in [3.8, 4) is 22.3 Å². The Bertz CT molecular complexity index is 7590. The summed E-state index contributed by atoms with van der Waals surface area (Å²) in [5, 5.41) is 17.8. The molecule has 2 saturated carbocycles. The zero-order valence-electron chi connectivity index (χ0n) is 66.0. The minimum absolute atomic E-state index is 0.00809. The summed E-state index contributed by atoms with van der Waals surface area (Å²) in [6, 6.07) is 28.3. The van der Waals surface area contributed by atoms with Gasteiger partial charge >= 0.3 is 0 Å². The lowest BCUT2D eigenvalue weighted by Gasteiger charge is -2.39. The Balaban J connectivity index is 0.606.